The van der Waals surface area contributed by atoms with Crippen molar-refractivity contribution in [3.8, 4) is 5.88 Å². The fraction of sp³-hybridized carbons (Fsp3) is 0.833. The maximum Gasteiger partial charge on any atom is 0.352 e. The molecule has 28 heavy (non-hydrogen) atoms. The second-order valence-electron chi connectivity index (χ2n) is 8.70. The van der Waals surface area contributed by atoms with Crippen molar-refractivity contribution in [1.29, 1.82) is 0 Å². The van der Waals surface area contributed by atoms with E-state index in [1.54, 1.807) is 6.92 Å². The highest BCUT2D eigenvalue weighted by Crippen LogP contribution is 2.37. The first kappa shape index (κ1) is 22.8. The molecule has 1 aromatic heterocycles. The van der Waals surface area contributed by atoms with E-state index in [0.29, 0.717) is 31.7 Å². The number of hydrogen-bond acceptors (Lipinski definition) is 6. The largest absolute Gasteiger partial charge is 0.472 e. The monoisotopic (exact) mass is 417 g/mol. The third kappa shape index (κ3) is 5.09. The number of alkyl halides is 1. The van der Waals surface area contributed by atoms with E-state index in [1.807, 2.05) is 0 Å². The Bertz CT molecular complexity index is 689. The van der Waals surface area contributed by atoms with Crippen LogP contribution in [0.4, 0.5) is 10.1 Å². The van der Waals surface area contributed by atoms with E-state index >= 15 is 0 Å². The minimum atomic E-state index is -1.84. The van der Waals surface area contributed by atoms with Gasteiger partial charge in [-0.3, -0.25) is 14.8 Å². The van der Waals surface area contributed by atoms with Gasteiger partial charge in [0.15, 0.2) is 8.32 Å². The number of hydrogen-bond donors (Lipinski definition) is 0. The molecular formula is C18H32FN3O5Si. The minimum Gasteiger partial charge on any atom is -0.472 e. The third-order valence-electron chi connectivity index (χ3n) is 5.63. The molecule has 0 saturated carbocycles. The molecule has 0 spiro atoms. The van der Waals surface area contributed by atoms with Crippen LogP contribution in [0.2, 0.25) is 18.1 Å². The molecular weight excluding hydrogens is 385 g/mol. The summed E-state index contributed by atoms with van der Waals surface area (Å²) in [7, 11) is -1.84. The van der Waals surface area contributed by atoms with Crippen molar-refractivity contribution in [1.82, 2.24) is 9.78 Å². The first-order chi connectivity index (χ1) is 13.0. The zero-order chi connectivity index (χ0) is 21.1. The van der Waals surface area contributed by atoms with Crippen molar-refractivity contribution >= 4 is 14.0 Å². The number of rotatable bonds is 8. The first-order valence-corrected chi connectivity index (χ1v) is 12.6. The SMILES string of the molecule is Cc1c([N+](=O)[O-])c(OCCCO[Si](C)(C)C(C)(C)C)nn1C1CCOCC1F. The van der Waals surface area contributed by atoms with Crippen molar-refractivity contribution in [3.05, 3.63) is 15.8 Å². The Labute approximate surface area is 166 Å². The average molecular weight is 418 g/mol. The van der Waals surface area contributed by atoms with E-state index in [4.69, 9.17) is 13.9 Å². The van der Waals surface area contributed by atoms with Crippen LogP contribution in [0.5, 0.6) is 5.88 Å². The van der Waals surface area contributed by atoms with E-state index in [-0.39, 0.29) is 29.8 Å². The molecule has 0 aromatic carbocycles. The quantitative estimate of drug-likeness (QED) is 0.273. The Morgan fingerprint density at radius 1 is 1.39 bits per heavy atom. The summed E-state index contributed by atoms with van der Waals surface area (Å²) in [5.74, 6) is -0.0616. The van der Waals surface area contributed by atoms with Crippen LogP contribution in [0.25, 0.3) is 0 Å². The molecule has 1 fully saturated rings. The van der Waals surface area contributed by atoms with E-state index in [1.165, 1.54) is 4.68 Å². The van der Waals surface area contributed by atoms with Crippen LogP contribution in [0.1, 0.15) is 45.3 Å². The van der Waals surface area contributed by atoms with Gasteiger partial charge in [-0.25, -0.2) is 4.39 Å². The molecule has 0 bridgehead atoms. The van der Waals surface area contributed by atoms with Gasteiger partial charge in [0.1, 0.15) is 11.9 Å². The van der Waals surface area contributed by atoms with Crippen molar-refractivity contribution in [2.75, 3.05) is 26.4 Å². The fourth-order valence-corrected chi connectivity index (χ4v) is 3.94. The molecule has 8 nitrogen and oxygen atoms in total. The summed E-state index contributed by atoms with van der Waals surface area (Å²) in [6.07, 6.45) is -0.239. The van der Waals surface area contributed by atoms with Gasteiger partial charge in [0, 0.05) is 19.6 Å². The molecule has 1 aliphatic heterocycles. The van der Waals surface area contributed by atoms with E-state index < -0.39 is 25.5 Å². The van der Waals surface area contributed by atoms with Crippen LogP contribution in [0.3, 0.4) is 0 Å². The Kier molecular flexibility index (Phi) is 7.21. The molecule has 1 aromatic rings. The highest BCUT2D eigenvalue weighted by molar-refractivity contribution is 6.74. The van der Waals surface area contributed by atoms with E-state index in [2.05, 4.69) is 39.0 Å². The lowest BCUT2D eigenvalue weighted by molar-refractivity contribution is -0.386. The summed E-state index contributed by atoms with van der Waals surface area (Å²) >= 11 is 0. The van der Waals surface area contributed by atoms with Crippen LogP contribution >= 0.6 is 0 Å². The third-order valence-corrected chi connectivity index (χ3v) is 10.2. The van der Waals surface area contributed by atoms with E-state index in [9.17, 15) is 14.5 Å². The molecule has 1 saturated heterocycles. The molecule has 0 N–H and O–H groups in total. The van der Waals surface area contributed by atoms with Crippen LogP contribution in [0, 0.1) is 17.0 Å². The van der Waals surface area contributed by atoms with Crippen molar-refractivity contribution in [2.45, 2.75) is 70.9 Å². The molecule has 0 amide bonds. The molecule has 2 heterocycles. The zero-order valence-corrected chi connectivity index (χ0v) is 18.7. The van der Waals surface area contributed by atoms with Gasteiger partial charge < -0.3 is 13.9 Å². The van der Waals surface area contributed by atoms with Crippen molar-refractivity contribution in [3.63, 3.8) is 0 Å². The Balaban J connectivity index is 2.01. The van der Waals surface area contributed by atoms with Gasteiger partial charge in [0.25, 0.3) is 0 Å². The molecule has 2 atom stereocenters. The topological polar surface area (TPSA) is 88.7 Å². The molecule has 1 aliphatic rings. The number of aromatic nitrogens is 2. The van der Waals surface area contributed by atoms with Gasteiger partial charge >= 0.3 is 11.6 Å². The molecule has 10 heteroatoms. The van der Waals surface area contributed by atoms with E-state index in [0.717, 1.165) is 0 Å². The molecule has 2 unspecified atom stereocenters. The molecule has 2 rings (SSSR count). The summed E-state index contributed by atoms with van der Waals surface area (Å²) in [4.78, 5) is 11.0. The number of nitro groups is 1. The average Bonchev–Trinajstić information content (AvgIpc) is 2.90. The number of halogens is 1. The fourth-order valence-electron chi connectivity index (χ4n) is 2.85. The smallest absolute Gasteiger partial charge is 0.352 e. The first-order valence-electron chi connectivity index (χ1n) is 9.68. The van der Waals surface area contributed by atoms with Crippen LogP contribution in [0.15, 0.2) is 0 Å². The zero-order valence-electron chi connectivity index (χ0n) is 17.7. The Hall–Kier alpha value is -1.52. The summed E-state index contributed by atoms with van der Waals surface area (Å²) in [6.45, 7) is 13.6. The molecule has 160 valence electrons. The lowest BCUT2D eigenvalue weighted by atomic mass is 10.1. The molecule has 0 aliphatic carbocycles. The van der Waals surface area contributed by atoms with Gasteiger partial charge in [-0.1, -0.05) is 20.8 Å². The lowest BCUT2D eigenvalue weighted by Gasteiger charge is -2.36. The Morgan fingerprint density at radius 3 is 2.64 bits per heavy atom. The predicted molar refractivity (Wildman–Crippen MR) is 106 cm³/mol. The second-order valence-corrected chi connectivity index (χ2v) is 13.5. The van der Waals surface area contributed by atoms with Crippen LogP contribution in [-0.4, -0.2) is 55.6 Å². The lowest BCUT2D eigenvalue weighted by Crippen LogP contribution is -2.41. The number of nitrogens with zero attached hydrogens (tertiary/aromatic N) is 3. The maximum absolute atomic E-state index is 14.2. The van der Waals surface area contributed by atoms with Gasteiger partial charge in [0.2, 0.25) is 0 Å². The van der Waals surface area contributed by atoms with Gasteiger partial charge in [0.05, 0.1) is 24.2 Å². The van der Waals surface area contributed by atoms with Gasteiger partial charge in [-0.2, -0.15) is 0 Å². The molecule has 0 radical (unpaired) electrons. The summed E-state index contributed by atoms with van der Waals surface area (Å²) in [5.41, 5.74) is 0.0936. The van der Waals surface area contributed by atoms with Crippen molar-refractivity contribution < 1.29 is 23.2 Å². The van der Waals surface area contributed by atoms with Crippen molar-refractivity contribution in [2.24, 2.45) is 0 Å². The van der Waals surface area contributed by atoms with Gasteiger partial charge in [-0.05, 0) is 31.5 Å². The summed E-state index contributed by atoms with van der Waals surface area (Å²) in [6, 6.07) is -0.577. The highest BCUT2D eigenvalue weighted by Gasteiger charge is 2.37. The standard InChI is InChI=1S/C18H32FN3O5Si/c1-13-16(22(23)24)17(20-21(13)15-8-11-25-12-14(15)19)26-9-7-10-27-28(5,6)18(2,3)4/h14-15H,7-12H2,1-6H3. The minimum absolute atomic E-state index is 0.0290. The number of ether oxygens (including phenoxy) is 2. The maximum atomic E-state index is 14.2. The Morgan fingerprint density at radius 2 is 2.07 bits per heavy atom. The summed E-state index contributed by atoms with van der Waals surface area (Å²) < 4.78 is 32.4. The highest BCUT2D eigenvalue weighted by atomic mass is 28.4. The van der Waals surface area contributed by atoms with Crippen LogP contribution < -0.4 is 4.74 Å². The predicted octanol–water partition coefficient (Wildman–Crippen LogP) is 4.19. The second kappa shape index (κ2) is 8.87. The van der Waals surface area contributed by atoms with Crippen LogP contribution in [-0.2, 0) is 9.16 Å². The normalized spacial score (nSPS) is 21.0. The summed E-state index contributed by atoms with van der Waals surface area (Å²) in [5, 5.41) is 15.8. The van der Waals surface area contributed by atoms with Gasteiger partial charge in [-0.15, -0.1) is 5.10 Å².